The van der Waals surface area contributed by atoms with Crippen LogP contribution < -0.4 is 5.32 Å². The van der Waals surface area contributed by atoms with Crippen molar-refractivity contribution in [3.8, 4) is 0 Å². The van der Waals surface area contributed by atoms with E-state index in [0.717, 1.165) is 6.54 Å². The summed E-state index contributed by atoms with van der Waals surface area (Å²) in [7, 11) is 0. The minimum atomic E-state index is -0.222. The Hall–Kier alpha value is -1.13. The quantitative estimate of drug-likeness (QED) is 0.859. The maximum atomic E-state index is 13.5. The van der Waals surface area contributed by atoms with Gasteiger partial charge in [0.1, 0.15) is 5.82 Å². The molecule has 1 atom stereocenters. The molecule has 1 aromatic rings. The lowest BCUT2D eigenvalue weighted by Crippen LogP contribution is -2.51. The van der Waals surface area contributed by atoms with Crippen molar-refractivity contribution in [3.05, 3.63) is 34.6 Å². The van der Waals surface area contributed by atoms with Crippen LogP contribution in [-0.2, 0) is 0 Å². The van der Waals surface area contributed by atoms with E-state index in [4.69, 9.17) is 0 Å². The van der Waals surface area contributed by atoms with Crippen molar-refractivity contribution in [2.75, 3.05) is 19.6 Å². The lowest BCUT2D eigenvalue weighted by atomic mass is 10.0. The van der Waals surface area contributed by atoms with Crippen LogP contribution in [0.1, 0.15) is 28.4 Å². The van der Waals surface area contributed by atoms with Gasteiger partial charge in [0.2, 0.25) is 0 Å². The number of aryl methyl sites for hydroxylation is 2. The molecular formula is C14H20ClFN2O. The van der Waals surface area contributed by atoms with E-state index in [2.05, 4.69) is 12.2 Å². The molecule has 0 aliphatic carbocycles. The van der Waals surface area contributed by atoms with E-state index < -0.39 is 0 Å². The van der Waals surface area contributed by atoms with E-state index in [0.29, 0.717) is 35.8 Å². The van der Waals surface area contributed by atoms with Crippen molar-refractivity contribution < 1.29 is 9.18 Å². The Bertz CT molecular complexity index is 456. The third kappa shape index (κ3) is 3.45. The second-order valence-electron chi connectivity index (χ2n) is 5.03. The molecule has 1 aromatic carbocycles. The number of rotatable bonds is 1. The Labute approximate surface area is 119 Å². The molecule has 1 aliphatic rings. The number of amides is 1. The zero-order chi connectivity index (χ0) is 13.3. The molecule has 106 valence electrons. The molecule has 0 saturated carbocycles. The lowest BCUT2D eigenvalue weighted by Gasteiger charge is -2.32. The van der Waals surface area contributed by atoms with Crippen molar-refractivity contribution in [3.63, 3.8) is 0 Å². The third-order valence-corrected chi connectivity index (χ3v) is 3.34. The number of halogens is 2. The Kier molecular flexibility index (Phi) is 5.32. The number of carbonyl (C=O) groups excluding carboxylic acids is 1. The second kappa shape index (κ2) is 6.35. The normalized spacial score (nSPS) is 18.9. The van der Waals surface area contributed by atoms with Crippen molar-refractivity contribution in [1.29, 1.82) is 0 Å². The molecule has 0 aromatic heterocycles. The van der Waals surface area contributed by atoms with Gasteiger partial charge in [0, 0.05) is 31.2 Å². The van der Waals surface area contributed by atoms with Gasteiger partial charge >= 0.3 is 0 Å². The van der Waals surface area contributed by atoms with Gasteiger partial charge in [-0.3, -0.25) is 4.79 Å². The Morgan fingerprint density at radius 2 is 1.95 bits per heavy atom. The maximum absolute atomic E-state index is 13.5. The molecule has 0 unspecified atom stereocenters. The summed E-state index contributed by atoms with van der Waals surface area (Å²) in [5, 5.41) is 3.30. The van der Waals surface area contributed by atoms with Gasteiger partial charge in [-0.1, -0.05) is 0 Å². The largest absolute Gasteiger partial charge is 0.336 e. The monoisotopic (exact) mass is 286 g/mol. The first-order chi connectivity index (χ1) is 8.49. The van der Waals surface area contributed by atoms with Crippen molar-refractivity contribution in [2.45, 2.75) is 26.8 Å². The first-order valence-corrected chi connectivity index (χ1v) is 6.28. The van der Waals surface area contributed by atoms with Gasteiger partial charge in [0.25, 0.3) is 5.91 Å². The van der Waals surface area contributed by atoms with Crippen molar-refractivity contribution >= 4 is 18.3 Å². The minimum Gasteiger partial charge on any atom is -0.336 e. The van der Waals surface area contributed by atoms with Crippen LogP contribution in [0.5, 0.6) is 0 Å². The molecule has 1 saturated heterocycles. The van der Waals surface area contributed by atoms with Crippen LogP contribution in [-0.4, -0.2) is 36.5 Å². The van der Waals surface area contributed by atoms with E-state index in [1.165, 1.54) is 0 Å². The van der Waals surface area contributed by atoms with Crippen LogP contribution in [0.25, 0.3) is 0 Å². The second-order valence-corrected chi connectivity index (χ2v) is 5.03. The Morgan fingerprint density at radius 3 is 2.47 bits per heavy atom. The molecule has 1 fully saturated rings. The maximum Gasteiger partial charge on any atom is 0.253 e. The number of hydrogen-bond donors (Lipinski definition) is 1. The highest BCUT2D eigenvalue weighted by molar-refractivity contribution is 5.94. The van der Waals surface area contributed by atoms with Gasteiger partial charge in [-0.05, 0) is 44.0 Å². The van der Waals surface area contributed by atoms with E-state index in [9.17, 15) is 9.18 Å². The van der Waals surface area contributed by atoms with Crippen LogP contribution in [0.4, 0.5) is 4.39 Å². The smallest absolute Gasteiger partial charge is 0.253 e. The molecule has 1 aliphatic heterocycles. The van der Waals surface area contributed by atoms with Crippen LogP contribution in [0, 0.1) is 19.7 Å². The van der Waals surface area contributed by atoms with Crippen molar-refractivity contribution in [2.24, 2.45) is 0 Å². The standard InChI is InChI=1S/C14H19FN2O.ClH/c1-9-6-12(7-10(2)13(9)15)14(18)17-5-4-16-11(3)8-17;/h6-7,11,16H,4-5,8H2,1-3H3;1H/t11-;/m1./s1. The number of nitrogens with one attached hydrogen (secondary N) is 1. The SMILES string of the molecule is Cc1cc(C(=O)N2CCN[C@H](C)C2)cc(C)c1F.Cl. The highest BCUT2D eigenvalue weighted by atomic mass is 35.5. The number of hydrogen-bond acceptors (Lipinski definition) is 2. The van der Waals surface area contributed by atoms with Gasteiger partial charge < -0.3 is 10.2 Å². The Balaban J connectivity index is 0.00000180. The molecule has 19 heavy (non-hydrogen) atoms. The number of piperazine rings is 1. The van der Waals surface area contributed by atoms with Gasteiger partial charge in [0.05, 0.1) is 0 Å². The topological polar surface area (TPSA) is 32.3 Å². The zero-order valence-corrected chi connectivity index (χ0v) is 12.3. The van der Waals surface area contributed by atoms with Crippen LogP contribution in [0.3, 0.4) is 0 Å². The number of nitrogens with zero attached hydrogens (tertiary/aromatic N) is 1. The van der Waals surface area contributed by atoms with Crippen LogP contribution >= 0.6 is 12.4 Å². The molecule has 3 nitrogen and oxygen atoms in total. The van der Waals surface area contributed by atoms with Crippen molar-refractivity contribution in [1.82, 2.24) is 10.2 Å². The fraction of sp³-hybridized carbons (Fsp3) is 0.500. The molecule has 5 heteroatoms. The Morgan fingerprint density at radius 1 is 1.37 bits per heavy atom. The van der Waals surface area contributed by atoms with E-state index >= 15 is 0 Å². The molecule has 0 radical (unpaired) electrons. The lowest BCUT2D eigenvalue weighted by molar-refractivity contribution is 0.0709. The van der Waals surface area contributed by atoms with E-state index in [1.807, 2.05) is 4.90 Å². The average Bonchev–Trinajstić information content (AvgIpc) is 2.34. The summed E-state index contributed by atoms with van der Waals surface area (Å²) in [6, 6.07) is 3.58. The molecule has 1 amide bonds. The molecule has 1 N–H and O–H groups in total. The predicted molar refractivity (Wildman–Crippen MR) is 76.5 cm³/mol. The summed E-state index contributed by atoms with van der Waals surface area (Å²) in [6.07, 6.45) is 0. The highest BCUT2D eigenvalue weighted by Crippen LogP contribution is 2.16. The fourth-order valence-corrected chi connectivity index (χ4v) is 2.37. The first-order valence-electron chi connectivity index (χ1n) is 6.28. The summed E-state index contributed by atoms with van der Waals surface area (Å²) >= 11 is 0. The van der Waals surface area contributed by atoms with E-state index in [-0.39, 0.29) is 24.1 Å². The summed E-state index contributed by atoms with van der Waals surface area (Å²) in [5.74, 6) is -0.227. The molecule has 0 spiro atoms. The minimum absolute atomic E-state index is 0. The van der Waals surface area contributed by atoms with Crippen LogP contribution in [0.2, 0.25) is 0 Å². The summed E-state index contributed by atoms with van der Waals surface area (Å²) in [6.45, 7) is 7.67. The molecule has 1 heterocycles. The average molecular weight is 287 g/mol. The van der Waals surface area contributed by atoms with Crippen LogP contribution in [0.15, 0.2) is 12.1 Å². The fourth-order valence-electron chi connectivity index (χ4n) is 2.37. The summed E-state index contributed by atoms with van der Waals surface area (Å²) in [5.41, 5.74) is 1.64. The molecular weight excluding hydrogens is 267 g/mol. The molecule has 0 bridgehead atoms. The van der Waals surface area contributed by atoms with Gasteiger partial charge in [-0.2, -0.15) is 0 Å². The highest BCUT2D eigenvalue weighted by Gasteiger charge is 2.22. The van der Waals surface area contributed by atoms with Gasteiger partial charge in [-0.25, -0.2) is 4.39 Å². The van der Waals surface area contributed by atoms with Gasteiger partial charge in [0.15, 0.2) is 0 Å². The molecule has 2 rings (SSSR count). The van der Waals surface area contributed by atoms with Gasteiger partial charge in [-0.15, -0.1) is 12.4 Å². The summed E-state index contributed by atoms with van der Waals surface area (Å²) in [4.78, 5) is 14.2. The number of carbonyl (C=O) groups is 1. The third-order valence-electron chi connectivity index (χ3n) is 3.34. The first kappa shape index (κ1) is 15.9. The zero-order valence-electron chi connectivity index (χ0n) is 11.5. The van der Waals surface area contributed by atoms with E-state index in [1.54, 1.807) is 26.0 Å². The number of benzene rings is 1. The predicted octanol–water partition coefficient (Wildman–Crippen LogP) is 2.30. The summed E-state index contributed by atoms with van der Waals surface area (Å²) < 4.78 is 13.5.